The summed E-state index contributed by atoms with van der Waals surface area (Å²) < 4.78 is 42.0. The Morgan fingerprint density at radius 2 is 2.05 bits per heavy atom. The maximum atomic E-state index is 12.3. The first-order valence-electron chi connectivity index (χ1n) is 5.26. The number of esters is 1. The number of ether oxygens (including phenoxy) is 1. The molecule has 0 spiro atoms. The molecule has 7 heteroatoms. The summed E-state index contributed by atoms with van der Waals surface area (Å²) in [5, 5.41) is 0.530. The molecule has 2 rings (SSSR count). The lowest BCUT2D eigenvalue weighted by Gasteiger charge is -2.02. The van der Waals surface area contributed by atoms with Crippen molar-refractivity contribution in [3.05, 3.63) is 33.9 Å². The van der Waals surface area contributed by atoms with Gasteiger partial charge in [-0.15, -0.1) is 0 Å². The minimum atomic E-state index is -4.27. The van der Waals surface area contributed by atoms with Crippen LogP contribution in [-0.4, -0.2) is 24.2 Å². The van der Waals surface area contributed by atoms with Gasteiger partial charge in [-0.1, -0.05) is 0 Å². The van der Waals surface area contributed by atoms with E-state index in [4.69, 9.17) is 0 Å². The van der Waals surface area contributed by atoms with Gasteiger partial charge in [-0.05, 0) is 34.1 Å². The lowest BCUT2D eigenvalue weighted by molar-refractivity contribution is -0.127. The second kappa shape index (κ2) is 4.88. The average molecular weight is 336 g/mol. The molecule has 0 unspecified atom stereocenters. The van der Waals surface area contributed by atoms with Crippen molar-refractivity contribution in [1.82, 2.24) is 4.98 Å². The number of aromatic amines is 1. The lowest BCUT2D eigenvalue weighted by Crippen LogP contribution is -2.11. The average Bonchev–Trinajstić information content (AvgIpc) is 2.65. The molecule has 3 nitrogen and oxygen atoms in total. The highest BCUT2D eigenvalue weighted by Crippen LogP contribution is 2.28. The third kappa shape index (κ3) is 3.09. The molecule has 0 aliphatic rings. The molecule has 0 fully saturated rings. The van der Waals surface area contributed by atoms with Gasteiger partial charge in [0.25, 0.3) is 0 Å². The molecule has 0 radical (unpaired) electrons. The number of methoxy groups -OCH3 is 1. The van der Waals surface area contributed by atoms with E-state index in [2.05, 4.69) is 25.7 Å². The number of hydrogen-bond donors (Lipinski definition) is 1. The highest BCUT2D eigenvalue weighted by molar-refractivity contribution is 9.10. The first-order chi connectivity index (χ1) is 8.80. The van der Waals surface area contributed by atoms with Gasteiger partial charge in [-0.3, -0.25) is 0 Å². The van der Waals surface area contributed by atoms with E-state index in [0.717, 1.165) is 0 Å². The fourth-order valence-electron chi connectivity index (χ4n) is 1.79. The monoisotopic (exact) mass is 335 g/mol. The number of fused-ring (bicyclic) bond motifs is 1. The van der Waals surface area contributed by atoms with Crippen molar-refractivity contribution in [2.45, 2.75) is 12.6 Å². The van der Waals surface area contributed by atoms with Crippen LogP contribution < -0.4 is 0 Å². The Kier molecular flexibility index (Phi) is 3.58. The van der Waals surface area contributed by atoms with Gasteiger partial charge in [-0.25, -0.2) is 4.79 Å². The summed E-state index contributed by atoms with van der Waals surface area (Å²) in [4.78, 5) is 14.1. The maximum Gasteiger partial charge on any atom is 0.394 e. The van der Waals surface area contributed by atoms with E-state index in [1.807, 2.05) is 0 Å². The zero-order valence-corrected chi connectivity index (χ0v) is 11.4. The second-order valence-corrected chi connectivity index (χ2v) is 4.85. The van der Waals surface area contributed by atoms with Gasteiger partial charge in [-0.2, -0.15) is 13.2 Å². The first-order valence-corrected chi connectivity index (χ1v) is 6.05. The molecule has 0 bridgehead atoms. The molecule has 1 aromatic heterocycles. The van der Waals surface area contributed by atoms with E-state index in [1.165, 1.54) is 19.2 Å². The van der Waals surface area contributed by atoms with Crippen LogP contribution in [0.3, 0.4) is 0 Å². The summed E-state index contributed by atoms with van der Waals surface area (Å²) in [6.45, 7) is 0. The molecule has 0 amide bonds. The van der Waals surface area contributed by atoms with E-state index >= 15 is 0 Å². The number of carbonyl (C=O) groups excluding carboxylic acids is 1. The smallest absolute Gasteiger partial charge is 0.394 e. The van der Waals surface area contributed by atoms with Crippen molar-refractivity contribution in [3.8, 4) is 0 Å². The molecule has 0 aliphatic heterocycles. The number of alkyl halides is 3. The summed E-state index contributed by atoms with van der Waals surface area (Å²) in [7, 11) is 1.24. The van der Waals surface area contributed by atoms with Crippen LogP contribution in [0.5, 0.6) is 0 Å². The summed E-state index contributed by atoms with van der Waals surface area (Å²) in [6.07, 6.45) is -5.31. The van der Waals surface area contributed by atoms with Crippen LogP contribution in [0.2, 0.25) is 0 Å². The van der Waals surface area contributed by atoms with E-state index in [9.17, 15) is 18.0 Å². The lowest BCUT2D eigenvalue weighted by atomic mass is 10.1. The number of carbonyl (C=O) groups is 1. The van der Waals surface area contributed by atoms with Gasteiger partial charge >= 0.3 is 12.1 Å². The molecular weight excluding hydrogens is 327 g/mol. The summed E-state index contributed by atoms with van der Waals surface area (Å²) >= 11 is 3.19. The van der Waals surface area contributed by atoms with Gasteiger partial charge < -0.3 is 9.72 Å². The highest BCUT2D eigenvalue weighted by atomic mass is 79.9. The topological polar surface area (TPSA) is 42.1 Å². The van der Waals surface area contributed by atoms with E-state index in [-0.39, 0.29) is 11.3 Å². The molecule has 0 aliphatic carbocycles. The molecule has 2 aromatic rings. The zero-order chi connectivity index (χ0) is 14.2. The molecule has 0 atom stereocenters. The van der Waals surface area contributed by atoms with Crippen molar-refractivity contribution < 1.29 is 22.7 Å². The number of nitrogens with one attached hydrogen (secondary N) is 1. The molecular formula is C12H9BrF3NO2. The fraction of sp³-hybridized carbons (Fsp3) is 0.250. The SMILES string of the molecule is COC(=O)c1cc2cc(CC(F)(F)F)[nH]c2cc1Br. The molecule has 102 valence electrons. The van der Waals surface area contributed by atoms with Crippen LogP contribution in [0.25, 0.3) is 10.9 Å². The molecule has 0 saturated carbocycles. The summed E-state index contributed by atoms with van der Waals surface area (Å²) in [6, 6.07) is 4.42. The number of rotatable bonds is 2. The Morgan fingerprint density at radius 3 is 2.63 bits per heavy atom. The van der Waals surface area contributed by atoms with Crippen molar-refractivity contribution in [3.63, 3.8) is 0 Å². The predicted octanol–water partition coefficient (Wildman–Crippen LogP) is 3.82. The van der Waals surface area contributed by atoms with Crippen molar-refractivity contribution in [2.24, 2.45) is 0 Å². The van der Waals surface area contributed by atoms with Gasteiger partial charge in [0.05, 0.1) is 19.1 Å². The largest absolute Gasteiger partial charge is 0.465 e. The third-order valence-corrected chi connectivity index (χ3v) is 3.22. The third-order valence-electron chi connectivity index (χ3n) is 2.56. The Balaban J connectivity index is 2.46. The summed E-state index contributed by atoms with van der Waals surface area (Å²) in [5.74, 6) is -0.549. The number of benzene rings is 1. The van der Waals surface area contributed by atoms with E-state index in [1.54, 1.807) is 6.07 Å². The van der Waals surface area contributed by atoms with Crippen LogP contribution in [0, 0.1) is 0 Å². The molecule has 0 saturated heterocycles. The van der Waals surface area contributed by atoms with E-state index in [0.29, 0.717) is 15.4 Å². The zero-order valence-electron chi connectivity index (χ0n) is 9.77. The van der Waals surface area contributed by atoms with Crippen molar-refractivity contribution >= 4 is 32.8 Å². The minimum Gasteiger partial charge on any atom is -0.465 e. The standard InChI is InChI=1S/C12H9BrF3NO2/c1-19-11(18)8-3-6-2-7(5-12(14,15)16)17-10(6)4-9(8)13/h2-4,17H,5H2,1H3. The number of aromatic nitrogens is 1. The Morgan fingerprint density at radius 1 is 1.37 bits per heavy atom. The highest BCUT2D eigenvalue weighted by Gasteiger charge is 2.28. The van der Waals surface area contributed by atoms with Gasteiger partial charge in [0.1, 0.15) is 0 Å². The predicted molar refractivity (Wildman–Crippen MR) is 67.1 cm³/mol. The van der Waals surface area contributed by atoms with Crippen molar-refractivity contribution in [2.75, 3.05) is 7.11 Å². The van der Waals surface area contributed by atoms with Crippen LogP contribution in [-0.2, 0) is 11.2 Å². The molecule has 1 heterocycles. The second-order valence-electron chi connectivity index (χ2n) is 4.00. The minimum absolute atomic E-state index is 0.0522. The Hall–Kier alpha value is -1.50. The van der Waals surface area contributed by atoms with Gasteiger partial charge in [0, 0.05) is 21.1 Å². The van der Waals surface area contributed by atoms with Crippen molar-refractivity contribution in [1.29, 1.82) is 0 Å². The Labute approximate surface area is 114 Å². The van der Waals surface area contributed by atoms with Gasteiger partial charge in [0.2, 0.25) is 0 Å². The Bertz CT molecular complexity index is 634. The van der Waals surface area contributed by atoms with Crippen LogP contribution in [0.4, 0.5) is 13.2 Å². The number of H-pyrrole nitrogens is 1. The summed E-state index contributed by atoms with van der Waals surface area (Å²) in [5.41, 5.74) is 0.850. The van der Waals surface area contributed by atoms with Crippen LogP contribution in [0.15, 0.2) is 22.7 Å². The molecule has 19 heavy (non-hydrogen) atoms. The first kappa shape index (κ1) is 13.9. The van der Waals surface area contributed by atoms with Crippen LogP contribution >= 0.6 is 15.9 Å². The van der Waals surface area contributed by atoms with Gasteiger partial charge in [0.15, 0.2) is 0 Å². The molecule has 1 N–H and O–H groups in total. The maximum absolute atomic E-state index is 12.3. The van der Waals surface area contributed by atoms with Crippen LogP contribution in [0.1, 0.15) is 16.1 Å². The number of halogens is 4. The number of hydrogen-bond acceptors (Lipinski definition) is 2. The van der Waals surface area contributed by atoms with E-state index < -0.39 is 18.6 Å². The quantitative estimate of drug-likeness (QED) is 0.847. The normalized spacial score (nSPS) is 11.8. The fourth-order valence-corrected chi connectivity index (χ4v) is 2.30. The molecule has 1 aromatic carbocycles.